The lowest BCUT2D eigenvalue weighted by Crippen LogP contribution is -2.38. The zero-order chi connectivity index (χ0) is 15.7. The first kappa shape index (κ1) is 14.9. The Balaban J connectivity index is 2.10. The van der Waals surface area contributed by atoms with Crippen LogP contribution >= 0.6 is 11.8 Å². The second kappa shape index (κ2) is 6.01. The fraction of sp³-hybridized carbons (Fsp3) is 0.294. The van der Waals surface area contributed by atoms with Crippen molar-refractivity contribution in [3.8, 4) is 0 Å². The largest absolute Gasteiger partial charge is 0.469 e. The normalized spacial score (nSPS) is 20.3. The summed E-state index contributed by atoms with van der Waals surface area (Å²) in [5.41, 5.74) is 1.07. The highest BCUT2D eigenvalue weighted by atomic mass is 32.2. The lowest BCUT2D eigenvalue weighted by molar-refractivity contribution is -0.151. The molecule has 114 valence electrons. The van der Waals surface area contributed by atoms with Crippen LogP contribution in [0.1, 0.15) is 5.56 Å². The Morgan fingerprint density at radius 1 is 1.05 bits per heavy atom. The van der Waals surface area contributed by atoms with Crippen molar-refractivity contribution in [1.29, 1.82) is 0 Å². The molecule has 0 saturated heterocycles. The molecule has 1 aliphatic heterocycles. The summed E-state index contributed by atoms with van der Waals surface area (Å²) in [6.07, 6.45) is 0.486. The van der Waals surface area contributed by atoms with E-state index in [0.29, 0.717) is 6.42 Å². The molecule has 2 aromatic rings. The number of ether oxygens (including phenoxy) is 2. The first-order chi connectivity index (χ1) is 10.7. The molecule has 0 saturated carbocycles. The van der Waals surface area contributed by atoms with E-state index in [9.17, 15) is 9.59 Å². The van der Waals surface area contributed by atoms with Crippen molar-refractivity contribution in [2.75, 3.05) is 14.2 Å². The molecule has 1 aliphatic rings. The summed E-state index contributed by atoms with van der Waals surface area (Å²) < 4.78 is 9.73. The molecular formula is C17H16O4S. The number of hydrogen-bond donors (Lipinski definition) is 0. The Hall–Kier alpha value is -2.01. The molecule has 0 unspecified atom stereocenters. The standard InChI is InChI=1S/C17H16O4S/c1-20-16(18)13-9-11-8-7-10-5-3-4-6-12(10)14(11)22-15(13)17(19)21-2/h3-8,13,15H,9H2,1-2H3/t13-,15-/m1/s1. The van der Waals surface area contributed by atoms with Gasteiger partial charge in [0, 0.05) is 4.90 Å². The van der Waals surface area contributed by atoms with Gasteiger partial charge in [0.15, 0.2) is 0 Å². The molecule has 3 rings (SSSR count). The van der Waals surface area contributed by atoms with E-state index in [-0.39, 0.29) is 11.9 Å². The van der Waals surface area contributed by atoms with Gasteiger partial charge in [-0.25, -0.2) is 0 Å². The molecule has 4 nitrogen and oxygen atoms in total. The van der Waals surface area contributed by atoms with Crippen molar-refractivity contribution < 1.29 is 19.1 Å². The van der Waals surface area contributed by atoms with Gasteiger partial charge in [-0.05, 0) is 22.8 Å². The van der Waals surface area contributed by atoms with Crippen LogP contribution in [0.4, 0.5) is 0 Å². The highest BCUT2D eigenvalue weighted by Crippen LogP contribution is 2.43. The van der Waals surface area contributed by atoms with E-state index >= 15 is 0 Å². The number of rotatable bonds is 2. The minimum atomic E-state index is -0.573. The number of carbonyl (C=O) groups is 2. The smallest absolute Gasteiger partial charge is 0.320 e. The number of fused-ring (bicyclic) bond motifs is 3. The highest BCUT2D eigenvalue weighted by molar-refractivity contribution is 8.01. The monoisotopic (exact) mass is 316 g/mol. The van der Waals surface area contributed by atoms with Crippen LogP contribution in [0.5, 0.6) is 0 Å². The topological polar surface area (TPSA) is 52.6 Å². The summed E-state index contributed by atoms with van der Waals surface area (Å²) in [5, 5.41) is 1.65. The first-order valence-corrected chi connectivity index (χ1v) is 7.86. The van der Waals surface area contributed by atoms with Crippen molar-refractivity contribution in [3.63, 3.8) is 0 Å². The van der Waals surface area contributed by atoms with Crippen LogP contribution in [0, 0.1) is 5.92 Å². The van der Waals surface area contributed by atoms with E-state index in [1.54, 1.807) is 0 Å². The Labute approximate surface area is 132 Å². The van der Waals surface area contributed by atoms with E-state index in [1.807, 2.05) is 36.4 Å². The lowest BCUT2D eigenvalue weighted by Gasteiger charge is -2.29. The Bertz CT molecular complexity index is 741. The van der Waals surface area contributed by atoms with Crippen molar-refractivity contribution in [2.24, 2.45) is 5.92 Å². The SMILES string of the molecule is COC(=O)[C@@H]1Cc2ccc3ccccc3c2S[C@H]1C(=O)OC. The minimum Gasteiger partial charge on any atom is -0.469 e. The van der Waals surface area contributed by atoms with Gasteiger partial charge in [0.05, 0.1) is 20.1 Å². The van der Waals surface area contributed by atoms with Crippen LogP contribution in [-0.4, -0.2) is 31.4 Å². The first-order valence-electron chi connectivity index (χ1n) is 6.98. The van der Waals surface area contributed by atoms with E-state index < -0.39 is 11.2 Å². The second-order valence-corrected chi connectivity index (χ2v) is 6.32. The fourth-order valence-electron chi connectivity index (χ4n) is 2.83. The molecule has 0 N–H and O–H groups in total. The van der Waals surface area contributed by atoms with E-state index in [2.05, 4.69) is 0 Å². The third kappa shape index (κ3) is 2.46. The summed E-state index contributed by atoms with van der Waals surface area (Å²) in [6.45, 7) is 0. The number of carbonyl (C=O) groups excluding carboxylic acids is 2. The van der Waals surface area contributed by atoms with Crippen molar-refractivity contribution >= 4 is 34.5 Å². The van der Waals surface area contributed by atoms with Crippen LogP contribution in [0.2, 0.25) is 0 Å². The van der Waals surface area contributed by atoms with E-state index in [0.717, 1.165) is 21.2 Å². The van der Waals surface area contributed by atoms with Crippen LogP contribution in [0.3, 0.4) is 0 Å². The zero-order valence-corrected chi connectivity index (χ0v) is 13.2. The van der Waals surface area contributed by atoms with Gasteiger partial charge in [-0.1, -0.05) is 36.4 Å². The van der Waals surface area contributed by atoms with Crippen LogP contribution in [0.15, 0.2) is 41.3 Å². The van der Waals surface area contributed by atoms with Crippen molar-refractivity contribution in [1.82, 2.24) is 0 Å². The van der Waals surface area contributed by atoms with Crippen molar-refractivity contribution in [3.05, 3.63) is 42.0 Å². The Morgan fingerprint density at radius 3 is 2.50 bits per heavy atom. The molecule has 0 aliphatic carbocycles. The third-order valence-corrected chi connectivity index (χ3v) is 5.44. The molecule has 22 heavy (non-hydrogen) atoms. The summed E-state index contributed by atoms with van der Waals surface area (Å²) in [5.74, 6) is -1.28. The molecular weight excluding hydrogens is 300 g/mol. The molecule has 0 bridgehead atoms. The van der Waals surface area contributed by atoms with Gasteiger partial charge in [-0.2, -0.15) is 0 Å². The molecule has 5 heteroatoms. The average molecular weight is 316 g/mol. The summed E-state index contributed by atoms with van der Waals surface area (Å²) >= 11 is 1.40. The van der Waals surface area contributed by atoms with Gasteiger partial charge in [-0.15, -0.1) is 11.8 Å². The molecule has 0 amide bonds. The number of esters is 2. The maximum absolute atomic E-state index is 12.1. The molecule has 2 aromatic carbocycles. The van der Waals surface area contributed by atoms with Gasteiger partial charge in [0.25, 0.3) is 0 Å². The molecule has 0 radical (unpaired) electrons. The van der Waals surface area contributed by atoms with Crippen LogP contribution < -0.4 is 0 Å². The summed E-state index contributed by atoms with van der Waals surface area (Å²) in [6, 6.07) is 12.1. The number of methoxy groups -OCH3 is 2. The molecule has 1 heterocycles. The Morgan fingerprint density at radius 2 is 1.77 bits per heavy atom. The van der Waals surface area contributed by atoms with E-state index in [4.69, 9.17) is 9.47 Å². The number of hydrogen-bond acceptors (Lipinski definition) is 5. The van der Waals surface area contributed by atoms with Crippen LogP contribution in [-0.2, 0) is 25.5 Å². The summed E-state index contributed by atoms with van der Waals surface area (Å²) in [4.78, 5) is 25.2. The maximum Gasteiger partial charge on any atom is 0.320 e. The van der Waals surface area contributed by atoms with Gasteiger partial charge in [0.2, 0.25) is 0 Å². The van der Waals surface area contributed by atoms with Crippen molar-refractivity contribution in [2.45, 2.75) is 16.6 Å². The van der Waals surface area contributed by atoms with Gasteiger partial charge >= 0.3 is 11.9 Å². The van der Waals surface area contributed by atoms with Gasteiger partial charge in [0.1, 0.15) is 5.25 Å². The highest BCUT2D eigenvalue weighted by Gasteiger charge is 2.40. The quantitative estimate of drug-likeness (QED) is 0.798. The minimum absolute atomic E-state index is 0.373. The predicted octanol–water partition coefficient (Wildman–Crippen LogP) is 2.82. The number of benzene rings is 2. The van der Waals surface area contributed by atoms with Gasteiger partial charge < -0.3 is 9.47 Å². The Kier molecular flexibility index (Phi) is 4.07. The van der Waals surface area contributed by atoms with Gasteiger partial charge in [-0.3, -0.25) is 9.59 Å². The van der Waals surface area contributed by atoms with Crippen LogP contribution in [0.25, 0.3) is 10.8 Å². The van der Waals surface area contributed by atoms with E-state index in [1.165, 1.54) is 26.0 Å². The molecule has 2 atom stereocenters. The number of thioether (sulfide) groups is 1. The molecule has 0 spiro atoms. The molecule has 0 aromatic heterocycles. The lowest BCUT2D eigenvalue weighted by atomic mass is 9.93. The maximum atomic E-state index is 12.1. The zero-order valence-electron chi connectivity index (χ0n) is 12.4. The summed E-state index contributed by atoms with van der Waals surface area (Å²) in [7, 11) is 2.69. The predicted molar refractivity (Wildman–Crippen MR) is 84.8 cm³/mol. The average Bonchev–Trinajstić information content (AvgIpc) is 2.59. The molecule has 0 fully saturated rings. The third-order valence-electron chi connectivity index (χ3n) is 3.95. The fourth-order valence-corrected chi connectivity index (χ4v) is 4.26. The second-order valence-electron chi connectivity index (χ2n) is 5.17.